The van der Waals surface area contributed by atoms with E-state index < -0.39 is 0 Å². The molecule has 3 aromatic carbocycles. The van der Waals surface area contributed by atoms with Crippen LogP contribution in [0.15, 0.2) is 65.1 Å². The van der Waals surface area contributed by atoms with Gasteiger partial charge in [0.05, 0.1) is 12.1 Å². The van der Waals surface area contributed by atoms with Gasteiger partial charge >= 0.3 is 0 Å². The largest absolute Gasteiger partial charge is 0.493 e. The van der Waals surface area contributed by atoms with E-state index in [4.69, 9.17) is 21.1 Å². The molecule has 0 spiro atoms. The molecular formula is C22H21BrClNO2. The molecular weight excluding hydrogens is 426 g/mol. The molecule has 0 aromatic heterocycles. The first-order chi connectivity index (χ1) is 13.0. The maximum atomic E-state index is 6.47. The summed E-state index contributed by atoms with van der Waals surface area (Å²) in [5.41, 5.74) is 4.36. The molecule has 140 valence electrons. The van der Waals surface area contributed by atoms with E-state index in [2.05, 4.69) is 40.3 Å². The third-order valence-electron chi connectivity index (χ3n) is 4.10. The lowest BCUT2D eigenvalue weighted by Crippen LogP contribution is -2.02. The fraction of sp³-hybridized carbons (Fsp3) is 0.182. The van der Waals surface area contributed by atoms with Crippen LogP contribution in [-0.2, 0) is 13.2 Å². The van der Waals surface area contributed by atoms with Crippen molar-refractivity contribution in [3.63, 3.8) is 0 Å². The van der Waals surface area contributed by atoms with E-state index >= 15 is 0 Å². The quantitative estimate of drug-likeness (QED) is 0.443. The van der Waals surface area contributed by atoms with E-state index in [-0.39, 0.29) is 0 Å². The number of halogens is 2. The predicted octanol–water partition coefficient (Wildman–Crippen LogP) is 6.61. The summed E-state index contributed by atoms with van der Waals surface area (Å²) in [5, 5.41) is 3.94. The van der Waals surface area contributed by atoms with E-state index in [1.54, 1.807) is 7.11 Å². The van der Waals surface area contributed by atoms with Crippen molar-refractivity contribution in [1.82, 2.24) is 0 Å². The Morgan fingerprint density at radius 2 is 1.78 bits per heavy atom. The van der Waals surface area contributed by atoms with E-state index in [9.17, 15) is 0 Å². The van der Waals surface area contributed by atoms with Crippen LogP contribution in [0.5, 0.6) is 11.5 Å². The van der Waals surface area contributed by atoms with Crippen LogP contribution >= 0.6 is 27.5 Å². The zero-order valence-electron chi connectivity index (χ0n) is 15.3. The maximum Gasteiger partial charge on any atom is 0.180 e. The second-order valence-corrected chi connectivity index (χ2v) is 7.57. The molecule has 0 saturated carbocycles. The molecule has 0 aliphatic rings. The molecule has 0 aliphatic heterocycles. The molecule has 0 unspecified atom stereocenters. The Hall–Kier alpha value is -2.17. The molecule has 0 heterocycles. The molecule has 0 fully saturated rings. The Morgan fingerprint density at radius 1 is 1.00 bits per heavy atom. The Morgan fingerprint density at radius 3 is 2.48 bits per heavy atom. The highest BCUT2D eigenvalue weighted by atomic mass is 79.9. The molecule has 0 bridgehead atoms. The van der Waals surface area contributed by atoms with Gasteiger partial charge in [-0.2, -0.15) is 0 Å². The first kappa shape index (κ1) is 19.6. The molecule has 3 rings (SSSR count). The number of rotatable bonds is 7. The van der Waals surface area contributed by atoms with Crippen LogP contribution < -0.4 is 14.8 Å². The van der Waals surface area contributed by atoms with Gasteiger partial charge in [0, 0.05) is 16.7 Å². The second-order valence-electron chi connectivity index (χ2n) is 6.25. The molecule has 0 amide bonds. The van der Waals surface area contributed by atoms with Crippen molar-refractivity contribution in [3.05, 3.63) is 86.8 Å². The van der Waals surface area contributed by atoms with E-state index in [0.717, 1.165) is 21.3 Å². The Labute approximate surface area is 173 Å². The smallest absolute Gasteiger partial charge is 0.180 e. The van der Waals surface area contributed by atoms with E-state index in [1.165, 1.54) is 5.56 Å². The average molecular weight is 447 g/mol. The topological polar surface area (TPSA) is 30.5 Å². The van der Waals surface area contributed by atoms with Gasteiger partial charge in [0.2, 0.25) is 0 Å². The molecule has 0 aliphatic carbocycles. The summed E-state index contributed by atoms with van der Waals surface area (Å²) in [5.74, 6) is 1.18. The van der Waals surface area contributed by atoms with Crippen LogP contribution in [0.3, 0.4) is 0 Å². The molecule has 0 atom stereocenters. The summed E-state index contributed by atoms with van der Waals surface area (Å²) in [6.07, 6.45) is 0. The first-order valence-corrected chi connectivity index (χ1v) is 9.76. The molecule has 3 nitrogen and oxygen atoms in total. The molecule has 5 heteroatoms. The molecule has 1 N–H and O–H groups in total. The Kier molecular flexibility index (Phi) is 6.64. The van der Waals surface area contributed by atoms with Gasteiger partial charge in [0.15, 0.2) is 11.5 Å². The Bertz CT molecular complexity index is 913. The first-order valence-electron chi connectivity index (χ1n) is 8.59. The predicted molar refractivity (Wildman–Crippen MR) is 115 cm³/mol. The van der Waals surface area contributed by atoms with Crippen molar-refractivity contribution in [2.45, 2.75) is 20.1 Å². The number of benzene rings is 3. The van der Waals surface area contributed by atoms with Gasteiger partial charge in [-0.15, -0.1) is 0 Å². The zero-order valence-corrected chi connectivity index (χ0v) is 17.6. The van der Waals surface area contributed by atoms with Crippen molar-refractivity contribution in [2.24, 2.45) is 0 Å². The van der Waals surface area contributed by atoms with Crippen molar-refractivity contribution in [2.75, 3.05) is 12.4 Å². The third-order valence-corrected chi connectivity index (χ3v) is 4.91. The lowest BCUT2D eigenvalue weighted by atomic mass is 10.1. The van der Waals surface area contributed by atoms with Gasteiger partial charge in [-0.25, -0.2) is 0 Å². The number of aryl methyl sites for hydroxylation is 1. The number of hydrogen-bond donors (Lipinski definition) is 1. The fourth-order valence-electron chi connectivity index (χ4n) is 2.71. The number of hydrogen-bond acceptors (Lipinski definition) is 3. The van der Waals surface area contributed by atoms with Gasteiger partial charge in [0.25, 0.3) is 0 Å². The highest BCUT2D eigenvalue weighted by molar-refractivity contribution is 9.10. The lowest BCUT2D eigenvalue weighted by Gasteiger charge is -2.15. The molecule has 0 radical (unpaired) electrons. The van der Waals surface area contributed by atoms with Crippen molar-refractivity contribution < 1.29 is 9.47 Å². The van der Waals surface area contributed by atoms with Crippen molar-refractivity contribution >= 4 is 33.2 Å². The van der Waals surface area contributed by atoms with Gasteiger partial charge < -0.3 is 14.8 Å². The van der Waals surface area contributed by atoms with Gasteiger partial charge in [-0.05, 0) is 60.0 Å². The third kappa shape index (κ3) is 5.41. The second kappa shape index (κ2) is 9.16. The standard InChI is InChI=1S/C22H21BrClNO2/c1-15-4-3-5-19(10-15)25-13-17-11-20(24)22(21(12-17)26-2)27-14-16-6-8-18(23)9-7-16/h3-12,25H,13-14H2,1-2H3. The normalized spacial score (nSPS) is 10.5. The lowest BCUT2D eigenvalue weighted by molar-refractivity contribution is 0.284. The monoisotopic (exact) mass is 445 g/mol. The van der Waals surface area contributed by atoms with Gasteiger partial charge in [-0.1, -0.05) is 51.8 Å². The van der Waals surface area contributed by atoms with E-state index in [0.29, 0.717) is 29.7 Å². The number of methoxy groups -OCH3 is 1. The summed E-state index contributed by atoms with van der Waals surface area (Å²) < 4.78 is 12.5. The number of anilines is 1. The van der Waals surface area contributed by atoms with E-state index in [1.807, 2.05) is 48.5 Å². The minimum Gasteiger partial charge on any atom is -0.493 e. The maximum absolute atomic E-state index is 6.47. The highest BCUT2D eigenvalue weighted by Gasteiger charge is 2.12. The fourth-order valence-corrected chi connectivity index (χ4v) is 3.26. The Balaban J connectivity index is 1.71. The highest BCUT2D eigenvalue weighted by Crippen LogP contribution is 2.37. The van der Waals surface area contributed by atoms with Crippen molar-refractivity contribution in [1.29, 1.82) is 0 Å². The van der Waals surface area contributed by atoms with Gasteiger partial charge in [0.1, 0.15) is 6.61 Å². The summed E-state index contributed by atoms with van der Waals surface area (Å²) in [7, 11) is 1.62. The molecule has 3 aromatic rings. The number of nitrogens with one attached hydrogen (secondary N) is 1. The minimum absolute atomic E-state index is 0.421. The summed E-state index contributed by atoms with van der Waals surface area (Å²) >= 11 is 9.90. The summed E-state index contributed by atoms with van der Waals surface area (Å²) in [6, 6.07) is 20.1. The van der Waals surface area contributed by atoms with Crippen LogP contribution in [0.4, 0.5) is 5.69 Å². The van der Waals surface area contributed by atoms with Crippen LogP contribution in [0.2, 0.25) is 5.02 Å². The average Bonchev–Trinajstić information content (AvgIpc) is 2.66. The number of ether oxygens (including phenoxy) is 2. The molecule has 0 saturated heterocycles. The SMILES string of the molecule is COc1cc(CNc2cccc(C)c2)cc(Cl)c1OCc1ccc(Br)cc1. The van der Waals surface area contributed by atoms with Crippen LogP contribution in [0.25, 0.3) is 0 Å². The van der Waals surface area contributed by atoms with Crippen LogP contribution in [0, 0.1) is 6.92 Å². The minimum atomic E-state index is 0.421. The zero-order chi connectivity index (χ0) is 19.2. The summed E-state index contributed by atoms with van der Waals surface area (Å²) in [4.78, 5) is 0. The van der Waals surface area contributed by atoms with Gasteiger partial charge in [-0.3, -0.25) is 0 Å². The summed E-state index contributed by atoms with van der Waals surface area (Å²) in [6.45, 7) is 3.14. The molecule has 27 heavy (non-hydrogen) atoms. The van der Waals surface area contributed by atoms with Crippen LogP contribution in [0.1, 0.15) is 16.7 Å². The van der Waals surface area contributed by atoms with Crippen molar-refractivity contribution in [3.8, 4) is 11.5 Å². The van der Waals surface area contributed by atoms with Crippen LogP contribution in [-0.4, -0.2) is 7.11 Å².